The van der Waals surface area contributed by atoms with Crippen molar-refractivity contribution in [2.24, 2.45) is 11.8 Å². The molecule has 2 aromatic rings. The predicted molar refractivity (Wildman–Crippen MR) is 119 cm³/mol. The molecule has 3 heteroatoms. The minimum absolute atomic E-state index is 0.106. The number of hydrogen-bond acceptors (Lipinski definition) is 3. The number of esters is 1. The fourth-order valence-corrected chi connectivity index (χ4v) is 4.66. The molecule has 156 valence electrons. The van der Waals surface area contributed by atoms with Crippen LogP contribution in [-0.2, 0) is 27.8 Å². The summed E-state index contributed by atoms with van der Waals surface area (Å²) in [6.45, 7) is 9.76. The highest BCUT2D eigenvalue weighted by atomic mass is 16.5. The Labute approximate surface area is 176 Å². The zero-order chi connectivity index (χ0) is 20.9. The van der Waals surface area contributed by atoms with Gasteiger partial charge in [-0.1, -0.05) is 75.4 Å². The summed E-state index contributed by atoms with van der Waals surface area (Å²) in [7, 11) is 1.50. The normalized spacial score (nSPS) is 23.5. The number of carbonyl (C=O) groups is 1. The summed E-state index contributed by atoms with van der Waals surface area (Å²) >= 11 is 0. The second-order valence-corrected chi connectivity index (χ2v) is 8.79. The molecule has 0 aliphatic carbocycles. The van der Waals surface area contributed by atoms with Gasteiger partial charge in [0.05, 0.1) is 13.0 Å². The summed E-state index contributed by atoms with van der Waals surface area (Å²) in [5, 5.41) is 0. The molecule has 0 amide bonds. The first kappa shape index (κ1) is 21.6. The minimum Gasteiger partial charge on any atom is -0.469 e. The first-order chi connectivity index (χ1) is 14.0. The second-order valence-electron chi connectivity index (χ2n) is 8.79. The number of aryl methyl sites for hydroxylation is 1. The van der Waals surface area contributed by atoms with Gasteiger partial charge in [0.15, 0.2) is 0 Å². The largest absolute Gasteiger partial charge is 0.469 e. The van der Waals surface area contributed by atoms with Crippen LogP contribution in [0.3, 0.4) is 0 Å². The number of carbonyl (C=O) groups excluding carboxylic acids is 1. The van der Waals surface area contributed by atoms with Gasteiger partial charge in [0.25, 0.3) is 0 Å². The van der Waals surface area contributed by atoms with Crippen molar-refractivity contribution in [2.75, 3.05) is 26.7 Å². The molecule has 1 heterocycles. The Kier molecular flexibility index (Phi) is 7.13. The highest BCUT2D eigenvalue weighted by Gasteiger charge is 2.39. The van der Waals surface area contributed by atoms with Crippen molar-refractivity contribution in [3.8, 4) is 0 Å². The standard InChI is InChI=1S/C26H35NO2/c1-5-21-12-9-13-24(17-21)26(3)14-15-27(18-20(26)2)19-23(25(28)29-4)16-22-10-7-6-8-11-22/h6-13,17,20,23H,5,14-16,18-19H2,1-4H3. The lowest BCUT2D eigenvalue weighted by Gasteiger charge is -2.46. The molecule has 0 N–H and O–H groups in total. The fourth-order valence-electron chi connectivity index (χ4n) is 4.66. The lowest BCUT2D eigenvalue weighted by molar-refractivity contribution is -0.146. The van der Waals surface area contributed by atoms with Gasteiger partial charge in [0, 0.05) is 13.1 Å². The quantitative estimate of drug-likeness (QED) is 0.628. The molecule has 3 atom stereocenters. The van der Waals surface area contributed by atoms with Gasteiger partial charge in [-0.05, 0) is 53.8 Å². The van der Waals surface area contributed by atoms with E-state index in [0.717, 1.165) is 38.9 Å². The molecule has 0 radical (unpaired) electrons. The van der Waals surface area contributed by atoms with Crippen LogP contribution in [-0.4, -0.2) is 37.6 Å². The summed E-state index contributed by atoms with van der Waals surface area (Å²) in [5.74, 6) is 0.297. The molecule has 3 unspecified atom stereocenters. The Hall–Kier alpha value is -2.13. The monoisotopic (exact) mass is 393 g/mol. The molecular weight excluding hydrogens is 358 g/mol. The number of hydrogen-bond donors (Lipinski definition) is 0. The molecule has 1 fully saturated rings. The zero-order valence-electron chi connectivity index (χ0n) is 18.4. The van der Waals surface area contributed by atoms with Crippen molar-refractivity contribution in [1.29, 1.82) is 0 Å². The Morgan fingerprint density at radius 2 is 1.90 bits per heavy atom. The molecule has 3 nitrogen and oxygen atoms in total. The van der Waals surface area contributed by atoms with Crippen molar-refractivity contribution >= 4 is 5.97 Å². The van der Waals surface area contributed by atoms with E-state index in [1.807, 2.05) is 18.2 Å². The topological polar surface area (TPSA) is 29.5 Å². The summed E-state index contributed by atoms with van der Waals surface area (Å²) in [6.07, 6.45) is 2.92. The van der Waals surface area contributed by atoms with Crippen molar-refractivity contribution in [1.82, 2.24) is 4.90 Å². The van der Waals surface area contributed by atoms with E-state index >= 15 is 0 Å². The molecule has 0 spiro atoms. The smallest absolute Gasteiger partial charge is 0.310 e. The summed E-state index contributed by atoms with van der Waals surface area (Å²) in [6, 6.07) is 19.3. The van der Waals surface area contributed by atoms with Crippen molar-refractivity contribution in [3.05, 3.63) is 71.3 Å². The number of piperidine rings is 1. The molecule has 0 aromatic heterocycles. The lowest BCUT2D eigenvalue weighted by atomic mass is 9.67. The van der Waals surface area contributed by atoms with Crippen LogP contribution >= 0.6 is 0 Å². The van der Waals surface area contributed by atoms with Gasteiger partial charge < -0.3 is 9.64 Å². The van der Waals surface area contributed by atoms with E-state index in [1.165, 1.54) is 23.8 Å². The van der Waals surface area contributed by atoms with Gasteiger partial charge >= 0.3 is 5.97 Å². The number of benzene rings is 2. The Morgan fingerprint density at radius 1 is 1.17 bits per heavy atom. The van der Waals surface area contributed by atoms with Crippen LogP contribution in [0.1, 0.15) is 43.9 Å². The van der Waals surface area contributed by atoms with E-state index in [-0.39, 0.29) is 17.3 Å². The van der Waals surface area contributed by atoms with Crippen LogP contribution < -0.4 is 0 Å². The SMILES string of the molecule is CCc1cccc(C2(C)CCN(CC(Cc3ccccc3)C(=O)OC)CC2C)c1. The van der Waals surface area contributed by atoms with Gasteiger partial charge in [-0.15, -0.1) is 0 Å². The third-order valence-corrected chi connectivity index (χ3v) is 6.90. The highest BCUT2D eigenvalue weighted by Crippen LogP contribution is 2.40. The minimum atomic E-state index is -0.123. The van der Waals surface area contributed by atoms with E-state index in [4.69, 9.17) is 4.74 Å². The van der Waals surface area contributed by atoms with Crippen LogP contribution in [0.5, 0.6) is 0 Å². The number of rotatable bonds is 7. The molecule has 0 saturated carbocycles. The van der Waals surface area contributed by atoms with Crippen LogP contribution in [0.25, 0.3) is 0 Å². The number of nitrogens with zero attached hydrogens (tertiary/aromatic N) is 1. The molecular formula is C26H35NO2. The van der Waals surface area contributed by atoms with Gasteiger partial charge in [-0.25, -0.2) is 0 Å². The van der Waals surface area contributed by atoms with Crippen molar-refractivity contribution < 1.29 is 9.53 Å². The van der Waals surface area contributed by atoms with E-state index in [0.29, 0.717) is 5.92 Å². The van der Waals surface area contributed by atoms with Crippen LogP contribution in [0.15, 0.2) is 54.6 Å². The van der Waals surface area contributed by atoms with E-state index in [1.54, 1.807) is 0 Å². The second kappa shape index (κ2) is 9.58. The maximum Gasteiger partial charge on any atom is 0.310 e. The first-order valence-corrected chi connectivity index (χ1v) is 10.9. The lowest BCUT2D eigenvalue weighted by Crippen LogP contribution is -2.49. The summed E-state index contributed by atoms with van der Waals surface area (Å²) in [4.78, 5) is 14.9. The van der Waals surface area contributed by atoms with Crippen LogP contribution in [0.4, 0.5) is 0 Å². The Morgan fingerprint density at radius 3 is 2.55 bits per heavy atom. The number of ether oxygens (including phenoxy) is 1. The van der Waals surface area contributed by atoms with Crippen molar-refractivity contribution in [2.45, 2.75) is 45.4 Å². The van der Waals surface area contributed by atoms with E-state index in [2.05, 4.69) is 62.1 Å². The van der Waals surface area contributed by atoms with Crippen molar-refractivity contribution in [3.63, 3.8) is 0 Å². The molecule has 3 rings (SSSR count). The molecule has 0 bridgehead atoms. The molecule has 1 aliphatic heterocycles. The zero-order valence-corrected chi connectivity index (χ0v) is 18.4. The molecule has 1 saturated heterocycles. The average Bonchev–Trinajstić information content (AvgIpc) is 2.76. The fraction of sp³-hybridized carbons (Fsp3) is 0.500. The summed E-state index contributed by atoms with van der Waals surface area (Å²) < 4.78 is 5.12. The maximum atomic E-state index is 12.4. The average molecular weight is 394 g/mol. The predicted octanol–water partition coefficient (Wildman–Crippen LogP) is 4.88. The third-order valence-electron chi connectivity index (χ3n) is 6.90. The number of likely N-dealkylation sites (tertiary alicyclic amines) is 1. The van der Waals surface area contributed by atoms with Gasteiger partial charge in [-0.2, -0.15) is 0 Å². The highest BCUT2D eigenvalue weighted by molar-refractivity contribution is 5.73. The molecule has 2 aromatic carbocycles. The van der Waals surface area contributed by atoms with E-state index in [9.17, 15) is 4.79 Å². The van der Waals surface area contributed by atoms with E-state index < -0.39 is 0 Å². The molecule has 29 heavy (non-hydrogen) atoms. The van der Waals surface area contributed by atoms with Crippen LogP contribution in [0, 0.1) is 11.8 Å². The van der Waals surface area contributed by atoms with Gasteiger partial charge in [0.1, 0.15) is 0 Å². The first-order valence-electron chi connectivity index (χ1n) is 10.9. The van der Waals surface area contributed by atoms with Gasteiger partial charge in [-0.3, -0.25) is 4.79 Å². The Bertz CT molecular complexity index is 803. The number of methoxy groups -OCH3 is 1. The molecule has 1 aliphatic rings. The third kappa shape index (κ3) is 5.08. The maximum absolute atomic E-state index is 12.4. The van der Waals surface area contributed by atoms with Gasteiger partial charge in [0.2, 0.25) is 0 Å². The Balaban J connectivity index is 1.69. The van der Waals surface area contributed by atoms with Crippen LogP contribution in [0.2, 0.25) is 0 Å². The summed E-state index contributed by atoms with van der Waals surface area (Å²) in [5.41, 5.74) is 4.24.